The van der Waals surface area contributed by atoms with Crippen molar-refractivity contribution in [3.8, 4) is 0 Å². The van der Waals surface area contributed by atoms with Gasteiger partial charge in [-0.3, -0.25) is 0 Å². The molecular weight excluding hydrogens is 246 g/mol. The van der Waals surface area contributed by atoms with E-state index < -0.39 is 16.5 Å². The molecule has 0 spiro atoms. The second kappa shape index (κ2) is 6.61. The van der Waals surface area contributed by atoms with Crippen LogP contribution in [0.15, 0.2) is 0 Å². The molecule has 0 aromatic rings. The van der Waals surface area contributed by atoms with Gasteiger partial charge < -0.3 is 14.2 Å². The van der Waals surface area contributed by atoms with E-state index in [9.17, 15) is 9.59 Å². The molecule has 0 saturated heterocycles. The van der Waals surface area contributed by atoms with Gasteiger partial charge in [-0.2, -0.15) is 0 Å². The standard InChI is InChI=1S/C12H27NO2Si2/c1-7-9-11(14)16(3,4)13-17(5,6)12(15)10-8-2/h13H,7-10H2,1-6H3. The van der Waals surface area contributed by atoms with Crippen LogP contribution >= 0.6 is 0 Å². The Bertz CT molecular complexity index is 260. The smallest absolute Gasteiger partial charge is 0.190 e. The van der Waals surface area contributed by atoms with Crippen molar-refractivity contribution < 1.29 is 9.59 Å². The molecule has 0 amide bonds. The zero-order valence-corrected chi connectivity index (χ0v) is 14.1. The van der Waals surface area contributed by atoms with Crippen LogP contribution in [0.3, 0.4) is 0 Å². The van der Waals surface area contributed by atoms with Gasteiger partial charge in [-0.05, 0) is 12.8 Å². The Labute approximate surface area is 108 Å². The highest BCUT2D eigenvalue weighted by molar-refractivity contribution is 7.15. The molecule has 0 aliphatic heterocycles. The fraction of sp³-hybridized carbons (Fsp3) is 0.833. The summed E-state index contributed by atoms with van der Waals surface area (Å²) in [6.45, 7) is 12.1. The third kappa shape index (κ3) is 5.27. The van der Waals surface area contributed by atoms with E-state index in [2.05, 4.69) is 4.65 Å². The number of hydrogen-bond acceptors (Lipinski definition) is 3. The summed E-state index contributed by atoms with van der Waals surface area (Å²) in [7, 11) is -4.21. The molecule has 0 saturated carbocycles. The Kier molecular flexibility index (Phi) is 6.51. The quantitative estimate of drug-likeness (QED) is 0.692. The summed E-state index contributed by atoms with van der Waals surface area (Å²) >= 11 is 0. The van der Waals surface area contributed by atoms with Crippen LogP contribution in [0.4, 0.5) is 0 Å². The van der Waals surface area contributed by atoms with Crippen LogP contribution in [0.1, 0.15) is 39.5 Å². The number of nitrogens with one attached hydrogen (secondary N) is 1. The first-order valence-corrected chi connectivity index (χ1v) is 12.5. The number of rotatable bonds is 8. The Balaban J connectivity index is 4.68. The van der Waals surface area contributed by atoms with Gasteiger partial charge >= 0.3 is 0 Å². The fourth-order valence-electron chi connectivity index (χ4n) is 2.00. The van der Waals surface area contributed by atoms with Crippen molar-refractivity contribution in [2.75, 3.05) is 0 Å². The highest BCUT2D eigenvalue weighted by Gasteiger charge is 2.40. The van der Waals surface area contributed by atoms with E-state index in [4.69, 9.17) is 0 Å². The monoisotopic (exact) mass is 273 g/mol. The Morgan fingerprint density at radius 1 is 0.824 bits per heavy atom. The maximum absolute atomic E-state index is 12.0. The van der Waals surface area contributed by atoms with Crippen molar-refractivity contribution in [3.63, 3.8) is 0 Å². The van der Waals surface area contributed by atoms with Crippen LogP contribution in [0.2, 0.25) is 26.2 Å². The average Bonchev–Trinajstić information content (AvgIpc) is 2.16. The molecule has 0 aliphatic rings. The van der Waals surface area contributed by atoms with E-state index in [1.165, 1.54) is 0 Å². The molecule has 0 rings (SSSR count). The summed E-state index contributed by atoms with van der Waals surface area (Å²) in [6.07, 6.45) is 3.06. The average molecular weight is 274 g/mol. The second-order valence-electron chi connectivity index (χ2n) is 5.72. The van der Waals surface area contributed by atoms with Gasteiger partial charge in [0, 0.05) is 12.8 Å². The van der Waals surface area contributed by atoms with Gasteiger partial charge in [0.15, 0.2) is 16.5 Å². The van der Waals surface area contributed by atoms with Crippen LogP contribution in [-0.2, 0) is 9.59 Å². The first kappa shape index (κ1) is 16.7. The van der Waals surface area contributed by atoms with Crippen molar-refractivity contribution in [2.45, 2.75) is 65.7 Å². The normalized spacial score (nSPS) is 12.6. The van der Waals surface area contributed by atoms with E-state index in [1.54, 1.807) is 0 Å². The third-order valence-electron chi connectivity index (χ3n) is 2.97. The van der Waals surface area contributed by atoms with Gasteiger partial charge in [0.2, 0.25) is 0 Å². The topological polar surface area (TPSA) is 46.2 Å². The van der Waals surface area contributed by atoms with Gasteiger partial charge in [-0.15, -0.1) is 0 Å². The second-order valence-corrected chi connectivity index (χ2v) is 14.3. The maximum Gasteiger partial charge on any atom is 0.190 e. The lowest BCUT2D eigenvalue weighted by atomic mass is 10.4. The summed E-state index contributed by atoms with van der Waals surface area (Å²) in [4.78, 5) is 24.1. The van der Waals surface area contributed by atoms with Crippen molar-refractivity contribution >= 4 is 27.3 Å². The van der Waals surface area contributed by atoms with E-state index in [-0.39, 0.29) is 0 Å². The van der Waals surface area contributed by atoms with Crippen LogP contribution < -0.4 is 4.65 Å². The molecule has 0 heterocycles. The van der Waals surface area contributed by atoms with Gasteiger partial charge in [-0.1, -0.05) is 40.0 Å². The summed E-state index contributed by atoms with van der Waals surface area (Å²) in [5.74, 6) is 0. The minimum atomic E-state index is -2.10. The molecule has 0 bridgehead atoms. The zero-order chi connectivity index (χ0) is 13.7. The molecule has 1 N–H and O–H groups in total. The first-order chi connectivity index (χ1) is 7.67. The van der Waals surface area contributed by atoms with Gasteiger partial charge in [-0.25, -0.2) is 0 Å². The summed E-state index contributed by atoms with van der Waals surface area (Å²) < 4.78 is 3.48. The minimum Gasteiger partial charge on any atom is -0.348 e. The SMILES string of the molecule is CCCC(=O)[Si](C)(C)N[Si](C)(C)C(=O)CCC. The number of carbonyl (C=O) groups is 2. The van der Waals surface area contributed by atoms with Gasteiger partial charge in [0.1, 0.15) is 10.8 Å². The highest BCUT2D eigenvalue weighted by Crippen LogP contribution is 2.12. The molecular formula is C12H27NO2Si2. The predicted molar refractivity (Wildman–Crippen MR) is 77.9 cm³/mol. The summed E-state index contributed by atoms with van der Waals surface area (Å²) in [5, 5.41) is 0.676. The first-order valence-electron chi connectivity index (χ1n) is 6.53. The van der Waals surface area contributed by atoms with Crippen LogP contribution in [0.25, 0.3) is 0 Å². The van der Waals surface area contributed by atoms with Crippen LogP contribution in [-0.4, -0.2) is 27.3 Å². The van der Waals surface area contributed by atoms with Gasteiger partial charge in [0.25, 0.3) is 0 Å². The van der Waals surface area contributed by atoms with Crippen LogP contribution in [0.5, 0.6) is 0 Å². The molecule has 0 radical (unpaired) electrons. The molecule has 0 atom stereocenters. The lowest BCUT2D eigenvalue weighted by Crippen LogP contribution is -2.66. The van der Waals surface area contributed by atoms with E-state index >= 15 is 0 Å². The molecule has 0 aromatic carbocycles. The molecule has 3 nitrogen and oxygen atoms in total. The largest absolute Gasteiger partial charge is 0.348 e. The molecule has 0 aliphatic carbocycles. The van der Waals surface area contributed by atoms with E-state index in [0.29, 0.717) is 23.7 Å². The molecule has 0 unspecified atom stereocenters. The summed E-state index contributed by atoms with van der Waals surface area (Å²) in [6, 6.07) is 0. The Hall–Kier alpha value is -0.266. The summed E-state index contributed by atoms with van der Waals surface area (Å²) in [5.41, 5.74) is 0. The predicted octanol–water partition coefficient (Wildman–Crippen LogP) is 2.80. The van der Waals surface area contributed by atoms with Crippen molar-refractivity contribution in [1.29, 1.82) is 0 Å². The van der Waals surface area contributed by atoms with E-state index in [0.717, 1.165) is 12.8 Å². The van der Waals surface area contributed by atoms with Gasteiger partial charge in [0.05, 0.1) is 0 Å². The van der Waals surface area contributed by atoms with Crippen molar-refractivity contribution in [2.24, 2.45) is 0 Å². The molecule has 5 heteroatoms. The minimum absolute atomic E-state index is 0.338. The number of carbonyl (C=O) groups excluding carboxylic acids is 2. The zero-order valence-electron chi connectivity index (χ0n) is 12.1. The van der Waals surface area contributed by atoms with Crippen molar-refractivity contribution in [3.05, 3.63) is 0 Å². The lowest BCUT2D eigenvalue weighted by Gasteiger charge is -2.32. The maximum atomic E-state index is 12.0. The van der Waals surface area contributed by atoms with Crippen molar-refractivity contribution in [1.82, 2.24) is 4.65 Å². The third-order valence-corrected chi connectivity index (χ3v) is 11.3. The molecule has 0 fully saturated rings. The Morgan fingerprint density at radius 2 is 1.12 bits per heavy atom. The Morgan fingerprint density at radius 3 is 1.35 bits per heavy atom. The molecule has 100 valence electrons. The van der Waals surface area contributed by atoms with Crippen LogP contribution in [0, 0.1) is 0 Å². The van der Waals surface area contributed by atoms with E-state index in [1.807, 2.05) is 40.0 Å². The highest BCUT2D eigenvalue weighted by atomic mass is 28.4. The number of hydrogen-bond donors (Lipinski definition) is 1. The lowest BCUT2D eigenvalue weighted by molar-refractivity contribution is -0.113. The molecule has 0 aromatic heterocycles. The molecule has 17 heavy (non-hydrogen) atoms. The fourth-order valence-corrected chi connectivity index (χ4v) is 11.1.